The van der Waals surface area contributed by atoms with Crippen molar-refractivity contribution in [2.75, 3.05) is 26.8 Å². The number of benzene rings is 1. The van der Waals surface area contributed by atoms with Crippen molar-refractivity contribution in [3.63, 3.8) is 0 Å². The van der Waals surface area contributed by atoms with Crippen molar-refractivity contribution >= 4 is 5.91 Å². The van der Waals surface area contributed by atoms with E-state index in [1.165, 1.54) is 12.8 Å². The van der Waals surface area contributed by atoms with E-state index in [0.717, 1.165) is 38.2 Å². The molecule has 0 bridgehead atoms. The Morgan fingerprint density at radius 2 is 2.14 bits per heavy atom. The molecule has 1 unspecified atom stereocenters. The highest BCUT2D eigenvalue weighted by Crippen LogP contribution is 2.16. The summed E-state index contributed by atoms with van der Waals surface area (Å²) in [6, 6.07) is 9.71. The predicted molar refractivity (Wildman–Crippen MR) is 87.0 cm³/mol. The van der Waals surface area contributed by atoms with Gasteiger partial charge in [0.25, 0.3) is 0 Å². The average molecular weight is 305 g/mol. The number of para-hydroxylation sites is 1. The van der Waals surface area contributed by atoms with Crippen LogP contribution in [0, 0.1) is 0 Å². The van der Waals surface area contributed by atoms with Crippen molar-refractivity contribution in [1.29, 1.82) is 0 Å². The van der Waals surface area contributed by atoms with Gasteiger partial charge in [-0.2, -0.15) is 0 Å². The zero-order valence-electron chi connectivity index (χ0n) is 13.5. The summed E-state index contributed by atoms with van der Waals surface area (Å²) in [5.41, 5.74) is 0. The van der Waals surface area contributed by atoms with Gasteiger partial charge in [-0.15, -0.1) is 0 Å². The number of carbonyl (C=O) groups excluding carboxylic acids is 1. The van der Waals surface area contributed by atoms with E-state index in [1.807, 2.05) is 42.3 Å². The van der Waals surface area contributed by atoms with Gasteiger partial charge >= 0.3 is 0 Å². The van der Waals surface area contributed by atoms with Crippen LogP contribution in [0.2, 0.25) is 0 Å². The van der Waals surface area contributed by atoms with Crippen molar-refractivity contribution in [2.45, 2.75) is 44.6 Å². The molecule has 2 rings (SSSR count). The summed E-state index contributed by atoms with van der Waals surface area (Å²) in [6.07, 6.45) is 6.12. The number of carbonyl (C=O) groups is 1. The van der Waals surface area contributed by atoms with Gasteiger partial charge in [0.05, 0.1) is 12.7 Å². The van der Waals surface area contributed by atoms with Gasteiger partial charge in [0.1, 0.15) is 5.75 Å². The molecule has 1 amide bonds. The van der Waals surface area contributed by atoms with E-state index < -0.39 is 0 Å². The second-order valence-electron chi connectivity index (χ2n) is 5.86. The molecule has 0 radical (unpaired) electrons. The second kappa shape index (κ2) is 9.46. The van der Waals surface area contributed by atoms with Crippen LogP contribution in [0.4, 0.5) is 0 Å². The van der Waals surface area contributed by atoms with Gasteiger partial charge in [-0.05, 0) is 44.2 Å². The Morgan fingerprint density at radius 1 is 1.32 bits per heavy atom. The number of hydrogen-bond donors (Lipinski definition) is 0. The lowest BCUT2D eigenvalue weighted by Crippen LogP contribution is -2.31. The molecular formula is C18H27NO3. The minimum atomic E-state index is 0.187. The molecule has 0 saturated carbocycles. The molecule has 0 spiro atoms. The van der Waals surface area contributed by atoms with E-state index in [2.05, 4.69) is 0 Å². The van der Waals surface area contributed by atoms with E-state index in [-0.39, 0.29) is 5.91 Å². The summed E-state index contributed by atoms with van der Waals surface area (Å²) >= 11 is 0. The molecule has 1 heterocycles. The second-order valence-corrected chi connectivity index (χ2v) is 5.86. The zero-order valence-corrected chi connectivity index (χ0v) is 13.5. The van der Waals surface area contributed by atoms with Gasteiger partial charge in [-0.25, -0.2) is 0 Å². The normalized spacial score (nSPS) is 18.0. The molecule has 1 saturated heterocycles. The Balaban J connectivity index is 1.55. The third-order valence-corrected chi connectivity index (χ3v) is 4.03. The average Bonchev–Trinajstić information content (AvgIpc) is 2.58. The summed E-state index contributed by atoms with van der Waals surface area (Å²) in [5, 5.41) is 0. The molecule has 22 heavy (non-hydrogen) atoms. The van der Waals surface area contributed by atoms with Crippen molar-refractivity contribution in [2.24, 2.45) is 0 Å². The number of rotatable bonds is 8. The van der Waals surface area contributed by atoms with E-state index in [4.69, 9.17) is 9.47 Å². The fourth-order valence-electron chi connectivity index (χ4n) is 2.62. The van der Waals surface area contributed by atoms with Gasteiger partial charge in [-0.1, -0.05) is 18.2 Å². The van der Waals surface area contributed by atoms with Crippen LogP contribution in [0.1, 0.15) is 38.5 Å². The van der Waals surface area contributed by atoms with E-state index in [1.54, 1.807) is 0 Å². The highest BCUT2D eigenvalue weighted by molar-refractivity contribution is 5.75. The fourth-order valence-corrected chi connectivity index (χ4v) is 2.62. The highest BCUT2D eigenvalue weighted by Gasteiger charge is 2.16. The number of hydrogen-bond acceptors (Lipinski definition) is 3. The lowest BCUT2D eigenvalue weighted by atomic mass is 10.1. The van der Waals surface area contributed by atoms with Gasteiger partial charge in [0, 0.05) is 26.6 Å². The molecule has 1 aliphatic heterocycles. The number of ether oxygens (including phenoxy) is 2. The standard InChI is InChI=1S/C18H27NO3/c1-19(13-12-17-10-5-6-14-21-17)18(20)11-7-15-22-16-8-3-2-4-9-16/h2-4,8-9,17H,5-7,10-15H2,1H3. The quantitative estimate of drug-likeness (QED) is 0.692. The first-order chi connectivity index (χ1) is 10.8. The minimum Gasteiger partial charge on any atom is -0.494 e. The first kappa shape index (κ1) is 16.8. The Bertz CT molecular complexity index is 429. The van der Waals surface area contributed by atoms with E-state index >= 15 is 0 Å². The first-order valence-electron chi connectivity index (χ1n) is 8.29. The molecule has 0 N–H and O–H groups in total. The summed E-state index contributed by atoms with van der Waals surface area (Å²) in [6.45, 7) is 2.23. The van der Waals surface area contributed by atoms with Crippen molar-refractivity contribution in [1.82, 2.24) is 4.90 Å². The predicted octanol–water partition coefficient (Wildman–Crippen LogP) is 3.26. The lowest BCUT2D eigenvalue weighted by molar-refractivity contribution is -0.130. The van der Waals surface area contributed by atoms with Crippen molar-refractivity contribution in [3.8, 4) is 5.75 Å². The molecule has 1 aromatic carbocycles. The van der Waals surface area contributed by atoms with Crippen LogP contribution in [0.15, 0.2) is 30.3 Å². The van der Waals surface area contributed by atoms with Crippen molar-refractivity contribution < 1.29 is 14.3 Å². The molecule has 122 valence electrons. The van der Waals surface area contributed by atoms with Crippen LogP contribution in [0.25, 0.3) is 0 Å². The summed E-state index contributed by atoms with van der Waals surface area (Å²) in [7, 11) is 1.88. The molecule has 0 aromatic heterocycles. The zero-order chi connectivity index (χ0) is 15.6. The molecule has 1 aliphatic rings. The molecule has 1 atom stereocenters. The van der Waals surface area contributed by atoms with Crippen LogP contribution in [0.5, 0.6) is 5.75 Å². The van der Waals surface area contributed by atoms with Gasteiger partial charge in [0.2, 0.25) is 5.91 Å². The van der Waals surface area contributed by atoms with Gasteiger partial charge in [-0.3, -0.25) is 4.79 Å². The molecule has 1 aromatic rings. The topological polar surface area (TPSA) is 38.8 Å². The Hall–Kier alpha value is -1.55. The van der Waals surface area contributed by atoms with Gasteiger partial charge < -0.3 is 14.4 Å². The Morgan fingerprint density at radius 3 is 2.86 bits per heavy atom. The Labute approximate surface area is 133 Å². The first-order valence-corrected chi connectivity index (χ1v) is 8.29. The van der Waals surface area contributed by atoms with Crippen molar-refractivity contribution in [3.05, 3.63) is 30.3 Å². The third kappa shape index (κ3) is 6.06. The summed E-state index contributed by atoms with van der Waals surface area (Å²) in [4.78, 5) is 13.9. The monoisotopic (exact) mass is 305 g/mol. The van der Waals surface area contributed by atoms with Crippen LogP contribution in [0.3, 0.4) is 0 Å². The largest absolute Gasteiger partial charge is 0.494 e. The van der Waals surface area contributed by atoms with Crippen LogP contribution in [-0.4, -0.2) is 43.7 Å². The fraction of sp³-hybridized carbons (Fsp3) is 0.611. The van der Waals surface area contributed by atoms with Crippen LogP contribution < -0.4 is 4.74 Å². The SMILES string of the molecule is CN(CCC1CCCCO1)C(=O)CCCOc1ccccc1. The maximum atomic E-state index is 12.1. The maximum absolute atomic E-state index is 12.1. The number of amides is 1. The number of nitrogens with zero attached hydrogens (tertiary/aromatic N) is 1. The lowest BCUT2D eigenvalue weighted by Gasteiger charge is -2.25. The summed E-state index contributed by atoms with van der Waals surface area (Å²) < 4.78 is 11.3. The molecule has 4 nitrogen and oxygen atoms in total. The summed E-state index contributed by atoms with van der Waals surface area (Å²) in [5.74, 6) is 1.05. The highest BCUT2D eigenvalue weighted by atomic mass is 16.5. The Kier molecular flexibility index (Phi) is 7.23. The van der Waals surface area contributed by atoms with E-state index in [0.29, 0.717) is 19.1 Å². The molecule has 1 fully saturated rings. The van der Waals surface area contributed by atoms with E-state index in [9.17, 15) is 4.79 Å². The smallest absolute Gasteiger partial charge is 0.222 e. The van der Waals surface area contributed by atoms with Gasteiger partial charge in [0.15, 0.2) is 0 Å². The third-order valence-electron chi connectivity index (χ3n) is 4.03. The minimum absolute atomic E-state index is 0.187. The molecule has 0 aliphatic carbocycles. The maximum Gasteiger partial charge on any atom is 0.222 e. The van der Waals surface area contributed by atoms with Crippen LogP contribution in [-0.2, 0) is 9.53 Å². The molecule has 4 heteroatoms. The molecular weight excluding hydrogens is 278 g/mol. The van der Waals surface area contributed by atoms with Crippen LogP contribution >= 0.6 is 0 Å².